The van der Waals surface area contributed by atoms with Crippen LogP contribution in [0, 0.1) is 0 Å². The van der Waals surface area contributed by atoms with E-state index < -0.39 is 12.2 Å². The van der Waals surface area contributed by atoms with E-state index in [1.54, 1.807) is 12.1 Å². The number of amides is 1. The average molecular weight is 225 g/mol. The molecular weight excluding hydrogens is 214 g/mol. The molecule has 16 heavy (non-hydrogen) atoms. The molecule has 1 heterocycles. The molecule has 86 valence electrons. The zero-order valence-electron chi connectivity index (χ0n) is 8.58. The molecular formula is C10H11NO5. The second-order valence-electron chi connectivity index (χ2n) is 3.25. The van der Waals surface area contributed by atoms with Crippen molar-refractivity contribution < 1.29 is 24.6 Å². The molecule has 1 aliphatic rings. The summed E-state index contributed by atoms with van der Waals surface area (Å²) in [6, 6.07) is 4.75. The van der Waals surface area contributed by atoms with Crippen LogP contribution in [0.25, 0.3) is 0 Å². The molecule has 0 fully saturated rings. The first kappa shape index (κ1) is 10.9. The topological polar surface area (TPSA) is 79.2 Å². The SMILES string of the molecule is CON1C(=O)[C@@H](O)Oc2cc(CO)ccc21. The van der Waals surface area contributed by atoms with Crippen molar-refractivity contribution in [2.75, 3.05) is 12.2 Å². The number of hydrogen-bond donors (Lipinski definition) is 2. The second kappa shape index (κ2) is 4.09. The van der Waals surface area contributed by atoms with E-state index >= 15 is 0 Å². The van der Waals surface area contributed by atoms with Crippen LogP contribution < -0.4 is 9.80 Å². The van der Waals surface area contributed by atoms with Crippen LogP contribution in [0.4, 0.5) is 5.69 Å². The predicted molar refractivity (Wildman–Crippen MR) is 53.5 cm³/mol. The highest BCUT2D eigenvalue weighted by Crippen LogP contribution is 2.34. The molecule has 6 heteroatoms. The minimum Gasteiger partial charge on any atom is -0.453 e. The lowest BCUT2D eigenvalue weighted by Crippen LogP contribution is -2.45. The fourth-order valence-electron chi connectivity index (χ4n) is 1.50. The number of hydroxylamine groups is 1. The Morgan fingerprint density at radius 3 is 2.94 bits per heavy atom. The number of carbonyl (C=O) groups excluding carboxylic acids is 1. The van der Waals surface area contributed by atoms with Crippen molar-refractivity contribution in [3.63, 3.8) is 0 Å². The second-order valence-corrected chi connectivity index (χ2v) is 3.25. The number of carbonyl (C=O) groups is 1. The number of rotatable bonds is 2. The number of nitrogens with zero attached hydrogens (tertiary/aromatic N) is 1. The average Bonchev–Trinajstić information content (AvgIpc) is 2.30. The molecule has 0 saturated carbocycles. The number of benzene rings is 1. The number of hydrogen-bond acceptors (Lipinski definition) is 5. The maximum Gasteiger partial charge on any atom is 0.320 e. The van der Waals surface area contributed by atoms with Crippen LogP contribution in [0.1, 0.15) is 5.56 Å². The van der Waals surface area contributed by atoms with Gasteiger partial charge >= 0.3 is 5.91 Å². The summed E-state index contributed by atoms with van der Waals surface area (Å²) in [5, 5.41) is 19.2. The van der Waals surface area contributed by atoms with Gasteiger partial charge in [0.15, 0.2) is 0 Å². The number of aliphatic hydroxyl groups is 2. The third kappa shape index (κ3) is 1.63. The lowest BCUT2D eigenvalue weighted by molar-refractivity contribution is -0.150. The Labute approximate surface area is 91.6 Å². The first-order valence-corrected chi connectivity index (χ1v) is 4.64. The predicted octanol–water partition coefficient (Wildman–Crippen LogP) is -0.216. The van der Waals surface area contributed by atoms with Gasteiger partial charge in [0, 0.05) is 0 Å². The molecule has 1 amide bonds. The van der Waals surface area contributed by atoms with E-state index in [0.717, 1.165) is 5.06 Å². The summed E-state index contributed by atoms with van der Waals surface area (Å²) in [4.78, 5) is 16.3. The Bertz CT molecular complexity index is 420. The molecule has 0 aromatic heterocycles. The Kier molecular flexibility index (Phi) is 2.78. The van der Waals surface area contributed by atoms with Crippen LogP contribution in [0.3, 0.4) is 0 Å². The van der Waals surface area contributed by atoms with E-state index in [0.29, 0.717) is 17.0 Å². The van der Waals surface area contributed by atoms with Crippen molar-refractivity contribution in [3.8, 4) is 5.75 Å². The van der Waals surface area contributed by atoms with Gasteiger partial charge in [-0.25, -0.2) is 0 Å². The summed E-state index contributed by atoms with van der Waals surface area (Å²) < 4.78 is 4.99. The Hall–Kier alpha value is -1.63. The zero-order valence-corrected chi connectivity index (χ0v) is 8.58. The Morgan fingerprint density at radius 1 is 1.56 bits per heavy atom. The summed E-state index contributed by atoms with van der Waals surface area (Å²) in [7, 11) is 1.32. The summed E-state index contributed by atoms with van der Waals surface area (Å²) in [5.41, 5.74) is 1.02. The summed E-state index contributed by atoms with van der Waals surface area (Å²) in [6.07, 6.45) is -1.58. The van der Waals surface area contributed by atoms with Crippen molar-refractivity contribution in [2.45, 2.75) is 12.9 Å². The summed E-state index contributed by atoms with van der Waals surface area (Å²) in [6.45, 7) is -0.145. The van der Waals surface area contributed by atoms with E-state index in [2.05, 4.69) is 0 Å². The van der Waals surface area contributed by atoms with Crippen LogP contribution in [-0.4, -0.2) is 29.5 Å². The van der Waals surface area contributed by atoms with Crippen molar-refractivity contribution in [3.05, 3.63) is 23.8 Å². The molecule has 6 nitrogen and oxygen atoms in total. The van der Waals surface area contributed by atoms with Gasteiger partial charge in [0.1, 0.15) is 11.4 Å². The van der Waals surface area contributed by atoms with E-state index in [1.165, 1.54) is 13.2 Å². The lowest BCUT2D eigenvalue weighted by atomic mass is 10.2. The van der Waals surface area contributed by atoms with E-state index in [1.807, 2.05) is 0 Å². The molecule has 0 saturated heterocycles. The number of fused-ring (bicyclic) bond motifs is 1. The van der Waals surface area contributed by atoms with E-state index in [4.69, 9.17) is 14.7 Å². The largest absolute Gasteiger partial charge is 0.453 e. The summed E-state index contributed by atoms with van der Waals surface area (Å²) >= 11 is 0. The fraction of sp³-hybridized carbons (Fsp3) is 0.300. The standard InChI is InChI=1S/C10H11NO5/c1-15-11-7-3-2-6(5-12)4-8(7)16-10(14)9(11)13/h2-4,10,12,14H,5H2,1H3/t10-/m0/s1. The van der Waals surface area contributed by atoms with Crippen molar-refractivity contribution in [1.29, 1.82) is 0 Å². The van der Waals surface area contributed by atoms with E-state index in [9.17, 15) is 9.90 Å². The van der Waals surface area contributed by atoms with Gasteiger partial charge in [0.05, 0.1) is 13.7 Å². The molecule has 0 bridgehead atoms. The first-order valence-electron chi connectivity index (χ1n) is 4.64. The first-order chi connectivity index (χ1) is 7.67. The van der Waals surface area contributed by atoms with Gasteiger partial charge < -0.3 is 14.9 Å². The van der Waals surface area contributed by atoms with Crippen LogP contribution in [0.5, 0.6) is 5.75 Å². The highest BCUT2D eigenvalue weighted by molar-refractivity contribution is 5.97. The van der Waals surface area contributed by atoms with Gasteiger partial charge in [-0.15, -0.1) is 0 Å². The summed E-state index contributed by atoms with van der Waals surface area (Å²) in [5.74, 6) is -0.396. The fourth-order valence-corrected chi connectivity index (χ4v) is 1.50. The Morgan fingerprint density at radius 2 is 2.31 bits per heavy atom. The molecule has 1 atom stereocenters. The smallest absolute Gasteiger partial charge is 0.320 e. The number of anilines is 1. The normalized spacial score (nSPS) is 19.3. The molecule has 2 rings (SSSR count). The highest BCUT2D eigenvalue weighted by Gasteiger charge is 2.33. The molecule has 0 unspecified atom stereocenters. The molecule has 0 aliphatic carbocycles. The maximum absolute atomic E-state index is 11.5. The molecule has 0 radical (unpaired) electrons. The Balaban J connectivity index is 2.46. The third-order valence-corrected chi connectivity index (χ3v) is 2.26. The maximum atomic E-state index is 11.5. The third-order valence-electron chi connectivity index (χ3n) is 2.26. The van der Waals surface area contributed by atoms with Crippen LogP contribution in [-0.2, 0) is 16.2 Å². The minimum atomic E-state index is -1.58. The van der Waals surface area contributed by atoms with Gasteiger partial charge in [-0.2, -0.15) is 5.06 Å². The van der Waals surface area contributed by atoms with Crippen molar-refractivity contribution >= 4 is 11.6 Å². The minimum absolute atomic E-state index is 0.145. The monoisotopic (exact) mass is 225 g/mol. The molecule has 1 aromatic carbocycles. The van der Waals surface area contributed by atoms with Crippen molar-refractivity contribution in [2.24, 2.45) is 0 Å². The van der Waals surface area contributed by atoms with Crippen LogP contribution >= 0.6 is 0 Å². The van der Waals surface area contributed by atoms with Gasteiger partial charge in [0.25, 0.3) is 6.29 Å². The molecule has 2 N–H and O–H groups in total. The molecule has 1 aromatic rings. The van der Waals surface area contributed by atoms with Gasteiger partial charge in [-0.1, -0.05) is 6.07 Å². The molecule has 1 aliphatic heterocycles. The molecule has 0 spiro atoms. The van der Waals surface area contributed by atoms with Crippen LogP contribution in [0.15, 0.2) is 18.2 Å². The van der Waals surface area contributed by atoms with Gasteiger partial charge in [-0.05, 0) is 17.7 Å². The van der Waals surface area contributed by atoms with Crippen LogP contribution in [0.2, 0.25) is 0 Å². The zero-order chi connectivity index (χ0) is 11.7. The number of ether oxygens (including phenoxy) is 1. The number of aliphatic hydroxyl groups excluding tert-OH is 2. The lowest BCUT2D eigenvalue weighted by Gasteiger charge is -2.29. The van der Waals surface area contributed by atoms with E-state index in [-0.39, 0.29) is 6.61 Å². The van der Waals surface area contributed by atoms with Gasteiger partial charge in [-0.3, -0.25) is 9.63 Å². The van der Waals surface area contributed by atoms with Crippen molar-refractivity contribution in [1.82, 2.24) is 0 Å². The quantitative estimate of drug-likeness (QED) is 0.727. The highest BCUT2D eigenvalue weighted by atomic mass is 16.7. The van der Waals surface area contributed by atoms with Gasteiger partial charge in [0.2, 0.25) is 0 Å².